The maximum Gasteiger partial charge on any atom is 0.471 e. The zero-order chi connectivity index (χ0) is 110. The lowest BCUT2D eigenvalue weighted by molar-refractivity contribution is -0.188. The molecule has 10 rings (SSSR count). The third-order valence-corrected chi connectivity index (χ3v) is 30.5. The Hall–Kier alpha value is -7.81. The number of aliphatic hydroxyl groups is 10. The SMILES string of the molecule is C=P(C)(C)CC[C@H]1O[C@@H](n2cc(CN(C)C(=O)C(F)(F)F)c(=O)[nH]c2=O)[C@H](O)[C@@H]1O.C=P(C)(C)CC[C@H]1O[C@@H](n2cc(CN(CC(=O)OC(C)(C)C)C(=O)C(F)(F)F)c(=O)[nH]c2=O)[C@H](O)[C@@H]1O.C=P(C)(C)CC[C@H]1O[C@@H](n2cc(CNC(C)=O)c(=O)[nH]c2=S)[C@H](O)[C@@H]1O.C=P(C)(C)CC[C@H]1O[C@@H](n2cc(CNC)c(=O)[nH]c2=S)[C@H](O)[C@@H]1O.C=P(C)(C)CC[C@H]1O[C@@H](n2cc(CNCC(C)=O)c(=O)[nH]c2=O)[C@H](O)[C@@H]1O. The van der Waals surface area contributed by atoms with Gasteiger partial charge in [-0.05, 0) is 189 Å². The number of carbonyl (C=O) groups excluding carboxylic acids is 5. The van der Waals surface area contributed by atoms with E-state index in [2.05, 4.69) is 102 Å². The summed E-state index contributed by atoms with van der Waals surface area (Å²) in [6.45, 7) is 18.5. The highest BCUT2D eigenvalue weighted by molar-refractivity contribution is 7.73. The number of ketones is 1. The number of esters is 1. The molecule has 0 aliphatic carbocycles. The lowest BCUT2D eigenvalue weighted by atomic mass is 10.1. The molecule has 18 N–H and O–H groups in total. The van der Waals surface area contributed by atoms with Gasteiger partial charge < -0.3 is 105 Å². The molecule has 5 fully saturated rings. The van der Waals surface area contributed by atoms with Gasteiger partial charge in [-0.2, -0.15) is 26.3 Å². The van der Waals surface area contributed by atoms with Crippen molar-refractivity contribution >= 4 is 120 Å². The molecule has 5 aromatic rings. The first-order chi connectivity index (χ1) is 65.9. The second kappa shape index (κ2) is 51.6. The van der Waals surface area contributed by atoms with Gasteiger partial charge in [0.25, 0.3) is 27.8 Å². The maximum absolute atomic E-state index is 13.2. The lowest BCUT2D eigenvalue weighted by Gasteiger charge is -2.26. The summed E-state index contributed by atoms with van der Waals surface area (Å²) < 4.78 is 117. The average molecular weight is 2190 g/mol. The summed E-state index contributed by atoms with van der Waals surface area (Å²) in [5, 5.41) is 112. The Balaban J connectivity index is 0.000000277. The van der Waals surface area contributed by atoms with E-state index in [1.807, 2.05) is 36.6 Å². The molecule has 5 saturated heterocycles. The van der Waals surface area contributed by atoms with E-state index < -0.39 is 257 Å². The van der Waals surface area contributed by atoms with Gasteiger partial charge in [0, 0.05) is 75.7 Å². The highest BCUT2D eigenvalue weighted by Crippen LogP contribution is 2.45. The standard InChI is InChI=1S/C22H33F3N3O8P.C17H25F3N3O6P.C17H28N3O6P.C16H26N3O5PS.C15H26N3O4PS/c1-21(2,3)36-14(29)11-27(19(33)22(23,24)25)9-12-10-28(20(34)26-17(12)32)18-16(31)15(30)13(35-18)7-8-37(4,5)6;1-22(15(27)17(18,19)20)7-9-8-23(16(28)21-13(9)26)14-12(25)11(24)10(29-14)5-6-30(2,3)4;1-10(21)7-18-8-11-9-20(17(25)19-15(11)24)16-14(23)13(22)12(26-16)5-6-27(2,3)4;1-9(20)17-7-10-8-19(16(26)18-14(10)23)15-13(22)12(21)11(24-15)5-6-25(2,3)4;1-16-7-9-8-18(15(24)17-13(9)21)14-12(20)11(19)10(22-14)5-6-23(2,3)4/h10,13,15-16,18,30-31H,4,7-9,11H2,1-3,5-6H3,(H,26,32,34);8,10-12,14,24-25H,2,5-7H2,1,3-4H3,(H,21,26,28);9,12-14,16,18,22-23H,2,5-8H2,1,3-4H3,(H,19,24,25);8,11-13,15,21-22H,2,5-7H2,1,3-4H3,(H,17,20)(H,18,23,26);8,10-12,14,16,19-20H,2,5-7H2,1,3-4H3,(H,17,21,24)/t13-,15-,16-,18-;10-,11-,12-,14-;12-,13-,14-,16-;11-,12-,13-,15-;10-,11-,12-,14-/m11111/s1. The first-order valence-corrected chi connectivity index (χ1v) is 61.2. The Morgan fingerprint density at radius 1 is 0.417 bits per heavy atom. The molecule has 3 amide bonds. The molecular weight excluding hydrogens is 2050 g/mol. The van der Waals surface area contributed by atoms with Gasteiger partial charge in [0.15, 0.2) is 40.7 Å². The molecule has 0 unspecified atom stereocenters. The molecule has 0 spiro atoms. The van der Waals surface area contributed by atoms with E-state index in [1.165, 1.54) is 56.1 Å². The van der Waals surface area contributed by atoms with Crippen molar-refractivity contribution in [2.24, 2.45) is 0 Å². The molecule has 0 radical (unpaired) electrons. The zero-order valence-electron chi connectivity index (χ0n) is 83.2. The number of hydrogen-bond acceptors (Lipinski definition) is 33. The second-order valence-corrected chi connectivity index (χ2v) is 62.6. The van der Waals surface area contributed by atoms with Crippen LogP contribution in [-0.4, -0.2) is 404 Å². The summed E-state index contributed by atoms with van der Waals surface area (Å²) in [7, 11) is 2.59. The second-order valence-electron chi connectivity index (χ2n) is 40.2. The number of amides is 3. The molecule has 5 aromatic heterocycles. The average Bonchev–Trinajstić information content (AvgIpc) is 1.64. The Labute approximate surface area is 835 Å². The largest absolute Gasteiger partial charge is 0.471 e. The minimum absolute atomic E-state index is 0.0231. The van der Waals surface area contributed by atoms with Gasteiger partial charge in [0.2, 0.25) is 5.91 Å². The van der Waals surface area contributed by atoms with Crippen molar-refractivity contribution in [1.29, 1.82) is 0 Å². The summed E-state index contributed by atoms with van der Waals surface area (Å²) >= 11 is 10.4. The molecule has 10 heterocycles. The molecule has 144 heavy (non-hydrogen) atoms. The minimum atomic E-state index is -5.37. The van der Waals surface area contributed by atoms with Crippen molar-refractivity contribution in [3.05, 3.63) is 152 Å². The van der Waals surface area contributed by atoms with Crippen molar-refractivity contribution in [1.82, 2.24) is 73.5 Å². The number of aliphatic hydroxyl groups excluding tert-OH is 10. The van der Waals surface area contributed by atoms with Crippen LogP contribution in [0, 0.1) is 9.54 Å². The van der Waals surface area contributed by atoms with E-state index in [4.69, 9.17) is 52.9 Å². The topological polar surface area (TPSA) is 626 Å². The minimum Gasteiger partial charge on any atom is -0.459 e. The summed E-state index contributed by atoms with van der Waals surface area (Å²) in [5.74, 6) is -6.07. The number of nitrogens with one attached hydrogen (secondary N) is 8. The van der Waals surface area contributed by atoms with Crippen LogP contribution < -0.4 is 60.8 Å². The highest BCUT2D eigenvalue weighted by Gasteiger charge is 2.51. The third kappa shape index (κ3) is 37.1. The van der Waals surface area contributed by atoms with Gasteiger partial charge in [-0.1, -0.05) is 0 Å². The van der Waals surface area contributed by atoms with Crippen LogP contribution in [0.3, 0.4) is 0 Å². The lowest BCUT2D eigenvalue weighted by Crippen LogP contribution is -2.46. The van der Waals surface area contributed by atoms with E-state index >= 15 is 0 Å². The zero-order valence-corrected chi connectivity index (χ0v) is 89.3. The number of aromatic nitrogens is 10. The van der Waals surface area contributed by atoms with Gasteiger partial charge >= 0.3 is 47.2 Å². The molecule has 814 valence electrons. The number of rotatable bonds is 34. The molecule has 0 aromatic carbocycles. The molecule has 57 heteroatoms. The van der Waals surface area contributed by atoms with Crippen LogP contribution in [0.2, 0.25) is 0 Å². The summed E-state index contributed by atoms with van der Waals surface area (Å²) in [4.78, 5) is 166. The fourth-order valence-corrected chi connectivity index (χ4v) is 20.3. The predicted molar refractivity (Wildman–Crippen MR) is 545 cm³/mol. The quantitative estimate of drug-likeness (QED) is 0.0110. The number of halogens is 6. The van der Waals surface area contributed by atoms with Gasteiger partial charge in [0.1, 0.15) is 79.0 Å². The van der Waals surface area contributed by atoms with Crippen molar-refractivity contribution in [3.8, 4) is 0 Å². The number of carbonyl (C=O) groups is 5. The molecule has 5 aliphatic heterocycles. The van der Waals surface area contributed by atoms with E-state index in [1.54, 1.807) is 13.2 Å². The number of H-pyrrole nitrogens is 5. The Bertz CT molecular complexity index is 6250. The summed E-state index contributed by atoms with van der Waals surface area (Å²) in [6.07, 6.45) is 0.681. The number of ether oxygens (including phenoxy) is 6. The van der Waals surface area contributed by atoms with Gasteiger partial charge in [0.05, 0.1) is 66.8 Å². The summed E-state index contributed by atoms with van der Waals surface area (Å²) in [5.41, 5.74) is -7.06. The number of Topliss-reactive ketones (excluding diaryl/α,β-unsaturated/α-hetero) is 1. The monoisotopic (exact) mass is 2190 g/mol. The normalized spacial score (nSPS) is 25.1. The first kappa shape index (κ1) is 125. The van der Waals surface area contributed by atoms with E-state index in [9.17, 15) is 140 Å². The van der Waals surface area contributed by atoms with Gasteiger partial charge in [-0.3, -0.25) is 95.7 Å². The third-order valence-electron chi connectivity index (χ3n) is 22.6. The number of hydrogen-bond donors (Lipinski definition) is 18. The number of aromatic amines is 5. The molecule has 44 nitrogen and oxygen atoms in total. The Morgan fingerprint density at radius 3 is 0.958 bits per heavy atom. The fraction of sp³-hybridized carbons (Fsp3) is 0.655. The Kier molecular flexibility index (Phi) is 44.7. The molecule has 5 aliphatic rings. The van der Waals surface area contributed by atoms with Gasteiger partial charge in [-0.15, -0.1) is 65.9 Å². The van der Waals surface area contributed by atoms with E-state index in [0.29, 0.717) is 56.5 Å². The fourth-order valence-electron chi connectivity index (χ4n) is 15.0. The van der Waals surface area contributed by atoms with Crippen LogP contribution >= 0.6 is 58.9 Å². The van der Waals surface area contributed by atoms with Crippen LogP contribution in [0.1, 0.15) is 126 Å². The maximum atomic E-state index is 13.2. The Morgan fingerprint density at radius 2 is 0.681 bits per heavy atom. The first-order valence-electron chi connectivity index (χ1n) is 45.1. The summed E-state index contributed by atoms with van der Waals surface area (Å²) in [6, 6.07) is 0. The van der Waals surface area contributed by atoms with Crippen LogP contribution in [0.5, 0.6) is 0 Å². The van der Waals surface area contributed by atoms with Crippen molar-refractivity contribution in [3.63, 3.8) is 0 Å². The van der Waals surface area contributed by atoms with Crippen molar-refractivity contribution in [2.45, 2.75) is 240 Å². The molecule has 20 atom stereocenters. The van der Waals surface area contributed by atoms with Crippen LogP contribution in [-0.2, 0) is 85.1 Å². The van der Waals surface area contributed by atoms with Crippen molar-refractivity contribution < 1.29 is 130 Å². The highest BCUT2D eigenvalue weighted by atomic mass is 32.1. The smallest absolute Gasteiger partial charge is 0.459 e. The van der Waals surface area contributed by atoms with E-state index in [0.717, 1.165) is 51.6 Å². The molecular formula is C87H138F6N15O29P5S2. The molecule has 0 bridgehead atoms. The van der Waals surface area contributed by atoms with Crippen molar-refractivity contribution in [2.75, 3.05) is 125 Å². The predicted octanol–water partition coefficient (Wildman–Crippen LogP) is -0.199. The number of alkyl halides is 6. The van der Waals surface area contributed by atoms with Crippen LogP contribution in [0.15, 0.2) is 69.3 Å². The van der Waals surface area contributed by atoms with Crippen LogP contribution in [0.4, 0.5) is 26.3 Å². The molecule has 0 saturated carbocycles. The van der Waals surface area contributed by atoms with Gasteiger partial charge in [-0.25, -0.2) is 14.4 Å². The number of nitrogens with zero attached hydrogens (tertiary/aromatic N) is 7. The van der Waals surface area contributed by atoms with Crippen LogP contribution in [0.25, 0.3) is 0 Å². The van der Waals surface area contributed by atoms with E-state index in [-0.39, 0.29) is 72.9 Å².